The molecule has 0 N–H and O–H groups in total. The first-order valence-corrected chi connectivity index (χ1v) is 7.75. The molecule has 0 aliphatic carbocycles. The fourth-order valence-electron chi connectivity index (χ4n) is 2.02. The quantitative estimate of drug-likeness (QED) is 0.690. The summed E-state index contributed by atoms with van der Waals surface area (Å²) in [7, 11) is 0. The van der Waals surface area contributed by atoms with E-state index < -0.39 is 0 Å². The van der Waals surface area contributed by atoms with Gasteiger partial charge in [0.1, 0.15) is 0 Å². The van der Waals surface area contributed by atoms with Crippen molar-refractivity contribution in [3.63, 3.8) is 0 Å². The van der Waals surface area contributed by atoms with E-state index in [0.717, 1.165) is 16.6 Å². The maximum atomic E-state index is 4.12. The maximum absolute atomic E-state index is 4.12. The first kappa shape index (κ1) is 13.8. The summed E-state index contributed by atoms with van der Waals surface area (Å²) < 4.78 is 1.78. The van der Waals surface area contributed by atoms with Crippen LogP contribution >= 0.6 is 11.8 Å². The highest BCUT2D eigenvalue weighted by Crippen LogP contribution is 2.22. The van der Waals surface area contributed by atoms with Crippen molar-refractivity contribution in [1.29, 1.82) is 0 Å². The Morgan fingerprint density at radius 2 is 1.81 bits per heavy atom. The second-order valence-electron chi connectivity index (χ2n) is 4.99. The van der Waals surface area contributed by atoms with Gasteiger partial charge >= 0.3 is 0 Å². The Balaban J connectivity index is 1.78. The fourth-order valence-corrected chi connectivity index (χ4v) is 2.87. The molecule has 0 saturated heterocycles. The molecular formula is C16H16N4S. The van der Waals surface area contributed by atoms with Crippen molar-refractivity contribution >= 4 is 11.8 Å². The molecule has 4 nitrogen and oxygen atoms in total. The number of nitrogens with zero attached hydrogens (tertiary/aromatic N) is 4. The second-order valence-corrected chi connectivity index (χ2v) is 5.93. The molecule has 0 saturated carbocycles. The fraction of sp³-hybridized carbons (Fsp3) is 0.188. The molecule has 0 atom stereocenters. The molecule has 0 radical (unpaired) electrons. The molecule has 1 aromatic heterocycles. The number of tetrazole rings is 1. The van der Waals surface area contributed by atoms with E-state index in [1.807, 2.05) is 12.1 Å². The number of hydrogen-bond donors (Lipinski definition) is 0. The van der Waals surface area contributed by atoms with Gasteiger partial charge in [-0.25, -0.2) is 0 Å². The molecule has 1 heterocycles. The van der Waals surface area contributed by atoms with Crippen LogP contribution in [0, 0.1) is 13.8 Å². The zero-order chi connectivity index (χ0) is 14.7. The van der Waals surface area contributed by atoms with Crippen LogP contribution in [-0.2, 0) is 5.75 Å². The number of hydrogen-bond acceptors (Lipinski definition) is 4. The summed E-state index contributed by atoms with van der Waals surface area (Å²) in [5.74, 6) is 0.854. The third-order valence-corrected chi connectivity index (χ3v) is 4.17. The summed E-state index contributed by atoms with van der Waals surface area (Å²) in [6, 6.07) is 16.7. The van der Waals surface area contributed by atoms with Crippen molar-refractivity contribution < 1.29 is 0 Å². The lowest BCUT2D eigenvalue weighted by Gasteiger charge is -2.05. The van der Waals surface area contributed by atoms with E-state index in [4.69, 9.17) is 0 Å². The highest BCUT2D eigenvalue weighted by atomic mass is 32.2. The van der Waals surface area contributed by atoms with Gasteiger partial charge in [0.25, 0.3) is 0 Å². The lowest BCUT2D eigenvalue weighted by molar-refractivity contribution is 0.755. The number of thioether (sulfide) groups is 1. The van der Waals surface area contributed by atoms with Gasteiger partial charge in [0.15, 0.2) is 0 Å². The Labute approximate surface area is 128 Å². The molecule has 106 valence electrons. The summed E-state index contributed by atoms with van der Waals surface area (Å²) in [4.78, 5) is 0. The maximum Gasteiger partial charge on any atom is 0.214 e. The van der Waals surface area contributed by atoms with Crippen molar-refractivity contribution in [3.05, 3.63) is 65.2 Å². The predicted molar refractivity (Wildman–Crippen MR) is 84.6 cm³/mol. The van der Waals surface area contributed by atoms with Crippen LogP contribution in [0.4, 0.5) is 0 Å². The van der Waals surface area contributed by atoms with Crippen LogP contribution in [-0.4, -0.2) is 20.2 Å². The molecule has 3 rings (SSSR count). The van der Waals surface area contributed by atoms with Gasteiger partial charge in [-0.3, -0.25) is 0 Å². The molecule has 0 spiro atoms. The smallest absolute Gasteiger partial charge is 0.187 e. The van der Waals surface area contributed by atoms with Crippen LogP contribution in [0.2, 0.25) is 0 Å². The van der Waals surface area contributed by atoms with Gasteiger partial charge in [-0.1, -0.05) is 53.7 Å². The number of rotatable bonds is 4. The lowest BCUT2D eigenvalue weighted by Crippen LogP contribution is -1.99. The van der Waals surface area contributed by atoms with Crippen LogP contribution in [0.25, 0.3) is 5.69 Å². The highest BCUT2D eigenvalue weighted by molar-refractivity contribution is 7.98. The summed E-state index contributed by atoms with van der Waals surface area (Å²) in [5, 5.41) is 12.8. The van der Waals surface area contributed by atoms with Gasteiger partial charge in [0.2, 0.25) is 5.16 Å². The number of aryl methyl sites for hydroxylation is 2. The Kier molecular flexibility index (Phi) is 4.01. The zero-order valence-electron chi connectivity index (χ0n) is 12.0. The van der Waals surface area contributed by atoms with Gasteiger partial charge in [0.05, 0.1) is 5.69 Å². The minimum Gasteiger partial charge on any atom is -0.187 e. The summed E-state index contributed by atoms with van der Waals surface area (Å²) in [6.07, 6.45) is 0. The molecule has 5 heteroatoms. The van der Waals surface area contributed by atoms with Gasteiger partial charge in [-0.15, -0.1) is 5.10 Å². The van der Waals surface area contributed by atoms with E-state index in [9.17, 15) is 0 Å². The molecule has 2 aromatic carbocycles. The Hall–Kier alpha value is -2.14. The van der Waals surface area contributed by atoms with Crippen molar-refractivity contribution in [2.75, 3.05) is 0 Å². The van der Waals surface area contributed by atoms with E-state index in [1.165, 1.54) is 16.7 Å². The number of aromatic nitrogens is 4. The van der Waals surface area contributed by atoms with Crippen LogP contribution < -0.4 is 0 Å². The van der Waals surface area contributed by atoms with Gasteiger partial charge in [-0.2, -0.15) is 4.68 Å². The first-order valence-electron chi connectivity index (χ1n) is 6.76. The molecule has 21 heavy (non-hydrogen) atoms. The summed E-state index contributed by atoms with van der Waals surface area (Å²) in [5.41, 5.74) is 4.72. The number of benzene rings is 2. The molecule has 0 amide bonds. The third-order valence-electron chi connectivity index (χ3n) is 3.18. The second kappa shape index (κ2) is 6.10. The molecule has 0 unspecified atom stereocenters. The molecule has 0 fully saturated rings. The van der Waals surface area contributed by atoms with Crippen molar-refractivity contribution in [2.24, 2.45) is 0 Å². The van der Waals surface area contributed by atoms with Crippen molar-refractivity contribution in [3.8, 4) is 5.69 Å². The molecule has 0 aliphatic rings. The highest BCUT2D eigenvalue weighted by Gasteiger charge is 2.09. The largest absolute Gasteiger partial charge is 0.214 e. The lowest BCUT2D eigenvalue weighted by atomic mass is 10.2. The monoisotopic (exact) mass is 296 g/mol. The molecular weight excluding hydrogens is 280 g/mol. The predicted octanol–water partition coefficient (Wildman–Crippen LogP) is 3.57. The van der Waals surface area contributed by atoms with Gasteiger partial charge < -0.3 is 0 Å². The molecule has 0 aliphatic heterocycles. The van der Waals surface area contributed by atoms with Crippen LogP contribution in [0.5, 0.6) is 0 Å². The van der Waals surface area contributed by atoms with Crippen LogP contribution in [0.15, 0.2) is 53.7 Å². The Morgan fingerprint density at radius 1 is 1.00 bits per heavy atom. The van der Waals surface area contributed by atoms with E-state index in [0.29, 0.717) is 0 Å². The molecule has 3 aromatic rings. The minimum absolute atomic E-state index is 0.807. The van der Waals surface area contributed by atoms with E-state index in [1.54, 1.807) is 16.4 Å². The summed E-state index contributed by atoms with van der Waals surface area (Å²) in [6.45, 7) is 4.15. The van der Waals surface area contributed by atoms with Crippen LogP contribution in [0.1, 0.15) is 16.7 Å². The van der Waals surface area contributed by atoms with E-state index in [2.05, 4.69) is 65.8 Å². The Bertz CT molecular complexity index is 734. The topological polar surface area (TPSA) is 43.6 Å². The Morgan fingerprint density at radius 3 is 2.57 bits per heavy atom. The standard InChI is InChI=1S/C16H16N4S/c1-12-6-8-14(9-7-12)11-21-16-17-18-19-20(16)15-5-3-4-13(2)10-15/h3-10H,11H2,1-2H3. The van der Waals surface area contributed by atoms with Gasteiger partial charge in [0, 0.05) is 5.75 Å². The average molecular weight is 296 g/mol. The average Bonchev–Trinajstić information content (AvgIpc) is 2.95. The SMILES string of the molecule is Cc1ccc(CSc2nnnn2-c2cccc(C)c2)cc1. The van der Waals surface area contributed by atoms with E-state index >= 15 is 0 Å². The van der Waals surface area contributed by atoms with E-state index in [-0.39, 0.29) is 0 Å². The normalized spacial score (nSPS) is 10.8. The minimum atomic E-state index is 0.807. The van der Waals surface area contributed by atoms with Crippen LogP contribution in [0.3, 0.4) is 0 Å². The van der Waals surface area contributed by atoms with Gasteiger partial charge in [-0.05, 0) is 47.5 Å². The summed E-state index contributed by atoms with van der Waals surface area (Å²) >= 11 is 1.64. The van der Waals surface area contributed by atoms with Crippen molar-refractivity contribution in [1.82, 2.24) is 20.2 Å². The first-order chi connectivity index (χ1) is 10.2. The molecule has 0 bridgehead atoms. The van der Waals surface area contributed by atoms with Crippen molar-refractivity contribution in [2.45, 2.75) is 24.8 Å². The zero-order valence-corrected chi connectivity index (χ0v) is 12.8. The third kappa shape index (κ3) is 3.31.